The van der Waals surface area contributed by atoms with E-state index in [4.69, 9.17) is 5.73 Å². The van der Waals surface area contributed by atoms with Gasteiger partial charge in [-0.1, -0.05) is 12.1 Å². The van der Waals surface area contributed by atoms with E-state index in [1.54, 1.807) is 0 Å². The van der Waals surface area contributed by atoms with Crippen LogP contribution in [0.4, 0.5) is 11.4 Å². The molecule has 0 fully saturated rings. The number of nitrogens with two attached hydrogens (primary N) is 1. The highest BCUT2D eigenvalue weighted by atomic mass is 32.1. The van der Waals surface area contributed by atoms with Crippen LogP contribution in [-0.2, 0) is 6.42 Å². The first kappa shape index (κ1) is 13.0. The highest BCUT2D eigenvalue weighted by Crippen LogP contribution is 2.25. The minimum Gasteiger partial charge on any atom is -0.397 e. The Bertz CT molecular complexity index is 511. The maximum atomic E-state index is 6.01. The quantitative estimate of drug-likeness (QED) is 0.816. The second-order valence-corrected chi connectivity index (χ2v) is 6.17. The molecule has 0 amide bonds. The molecule has 0 bridgehead atoms. The number of hydrogen-bond acceptors (Lipinski definition) is 3. The zero-order valence-corrected chi connectivity index (χ0v) is 12.0. The molecule has 18 heavy (non-hydrogen) atoms. The molecule has 3 N–H and O–H groups in total. The zero-order valence-electron chi connectivity index (χ0n) is 11.2. The summed E-state index contributed by atoms with van der Waals surface area (Å²) >= 11 is 1.86. The van der Waals surface area contributed by atoms with E-state index in [0.717, 1.165) is 17.8 Å². The standard InChI is InChI=1S/C15H20N2S/c1-10-5-4-6-14(16)15(10)17-11(2)9-13-8-7-12(3)18-13/h4-8,11,17H,9,16H2,1-3H3. The molecular weight excluding hydrogens is 240 g/mol. The van der Waals surface area contributed by atoms with Crippen LogP contribution in [0, 0.1) is 13.8 Å². The van der Waals surface area contributed by atoms with E-state index in [-0.39, 0.29) is 0 Å². The van der Waals surface area contributed by atoms with Crippen LogP contribution in [0.25, 0.3) is 0 Å². The molecular formula is C15H20N2S. The monoisotopic (exact) mass is 260 g/mol. The molecule has 0 aliphatic heterocycles. The smallest absolute Gasteiger partial charge is 0.0605 e. The van der Waals surface area contributed by atoms with E-state index < -0.39 is 0 Å². The molecule has 0 spiro atoms. The number of nitrogens with one attached hydrogen (secondary N) is 1. The lowest BCUT2D eigenvalue weighted by atomic mass is 10.1. The van der Waals surface area contributed by atoms with Crippen LogP contribution in [0.1, 0.15) is 22.2 Å². The molecule has 1 aromatic heterocycles. The van der Waals surface area contributed by atoms with Crippen molar-refractivity contribution >= 4 is 22.7 Å². The summed E-state index contributed by atoms with van der Waals surface area (Å²) < 4.78 is 0. The molecule has 2 aromatic rings. The van der Waals surface area contributed by atoms with Gasteiger partial charge in [-0.05, 0) is 44.5 Å². The molecule has 0 saturated heterocycles. The van der Waals surface area contributed by atoms with Gasteiger partial charge in [0, 0.05) is 22.2 Å². The predicted molar refractivity (Wildman–Crippen MR) is 81.4 cm³/mol. The minimum atomic E-state index is 0.381. The Morgan fingerprint density at radius 1 is 1.22 bits per heavy atom. The maximum Gasteiger partial charge on any atom is 0.0605 e. The Labute approximate surface area is 113 Å². The second kappa shape index (κ2) is 5.44. The topological polar surface area (TPSA) is 38.0 Å². The molecule has 3 heteroatoms. The number of nitrogen functional groups attached to an aromatic ring is 1. The minimum absolute atomic E-state index is 0.381. The van der Waals surface area contributed by atoms with Crippen molar-refractivity contribution in [2.45, 2.75) is 33.2 Å². The highest BCUT2D eigenvalue weighted by Gasteiger charge is 2.08. The summed E-state index contributed by atoms with van der Waals surface area (Å²) in [5, 5.41) is 3.52. The van der Waals surface area contributed by atoms with Gasteiger partial charge in [0.25, 0.3) is 0 Å². The maximum absolute atomic E-state index is 6.01. The number of anilines is 2. The summed E-state index contributed by atoms with van der Waals surface area (Å²) in [6, 6.07) is 10.8. The predicted octanol–water partition coefficient (Wildman–Crippen LogP) is 3.99. The van der Waals surface area contributed by atoms with E-state index in [0.29, 0.717) is 6.04 Å². The van der Waals surface area contributed by atoms with E-state index >= 15 is 0 Å². The van der Waals surface area contributed by atoms with Gasteiger partial charge in [0.1, 0.15) is 0 Å². The normalized spacial score (nSPS) is 12.4. The summed E-state index contributed by atoms with van der Waals surface area (Å²) in [6.07, 6.45) is 1.03. The van der Waals surface area contributed by atoms with Gasteiger partial charge >= 0.3 is 0 Å². The number of benzene rings is 1. The fourth-order valence-electron chi connectivity index (χ4n) is 2.08. The molecule has 1 heterocycles. The summed E-state index contributed by atoms with van der Waals surface area (Å²) in [4.78, 5) is 2.78. The number of thiophene rings is 1. The Morgan fingerprint density at radius 2 is 2.00 bits per heavy atom. The van der Waals surface area contributed by atoms with Gasteiger partial charge in [-0.15, -0.1) is 11.3 Å². The number of hydrogen-bond donors (Lipinski definition) is 2. The lowest BCUT2D eigenvalue weighted by Crippen LogP contribution is -2.19. The van der Waals surface area contributed by atoms with Gasteiger partial charge in [0.15, 0.2) is 0 Å². The van der Waals surface area contributed by atoms with Crippen LogP contribution >= 0.6 is 11.3 Å². The second-order valence-electron chi connectivity index (χ2n) is 4.80. The van der Waals surface area contributed by atoms with E-state index in [9.17, 15) is 0 Å². The number of aryl methyl sites for hydroxylation is 2. The van der Waals surface area contributed by atoms with Crippen molar-refractivity contribution in [3.05, 3.63) is 45.6 Å². The fraction of sp³-hybridized carbons (Fsp3) is 0.333. The Kier molecular flexibility index (Phi) is 3.92. The van der Waals surface area contributed by atoms with Gasteiger partial charge in [0.2, 0.25) is 0 Å². The first-order valence-corrected chi connectivity index (χ1v) is 7.05. The molecule has 2 rings (SSSR count). The number of para-hydroxylation sites is 1. The lowest BCUT2D eigenvalue weighted by molar-refractivity contribution is 0.800. The third-order valence-corrected chi connectivity index (χ3v) is 4.02. The first-order valence-electron chi connectivity index (χ1n) is 6.23. The average Bonchev–Trinajstić information content (AvgIpc) is 2.69. The van der Waals surface area contributed by atoms with E-state index in [2.05, 4.69) is 44.3 Å². The van der Waals surface area contributed by atoms with Crippen LogP contribution in [0.3, 0.4) is 0 Å². The first-order chi connectivity index (χ1) is 8.56. The van der Waals surface area contributed by atoms with Crippen LogP contribution in [0.5, 0.6) is 0 Å². The van der Waals surface area contributed by atoms with E-state index in [1.807, 2.05) is 23.5 Å². The van der Waals surface area contributed by atoms with Crippen molar-refractivity contribution in [1.29, 1.82) is 0 Å². The van der Waals surface area contributed by atoms with Gasteiger partial charge < -0.3 is 11.1 Å². The fourth-order valence-corrected chi connectivity index (χ4v) is 3.10. The van der Waals surface area contributed by atoms with Gasteiger partial charge in [0.05, 0.1) is 11.4 Å². The third-order valence-electron chi connectivity index (χ3n) is 3.00. The van der Waals surface area contributed by atoms with Crippen molar-refractivity contribution in [1.82, 2.24) is 0 Å². The van der Waals surface area contributed by atoms with Crippen molar-refractivity contribution < 1.29 is 0 Å². The van der Waals surface area contributed by atoms with Gasteiger partial charge in [-0.25, -0.2) is 0 Å². The number of rotatable bonds is 4. The SMILES string of the molecule is Cc1ccc(CC(C)Nc2c(C)cccc2N)s1. The van der Waals surface area contributed by atoms with Crippen molar-refractivity contribution in [2.75, 3.05) is 11.1 Å². The molecule has 2 nitrogen and oxygen atoms in total. The highest BCUT2D eigenvalue weighted by molar-refractivity contribution is 7.11. The summed E-state index contributed by atoms with van der Waals surface area (Å²) in [6.45, 7) is 6.42. The summed E-state index contributed by atoms with van der Waals surface area (Å²) in [5.41, 5.74) is 9.10. The van der Waals surface area contributed by atoms with Crippen LogP contribution < -0.4 is 11.1 Å². The Morgan fingerprint density at radius 3 is 2.61 bits per heavy atom. The van der Waals surface area contributed by atoms with Crippen LogP contribution in [-0.4, -0.2) is 6.04 Å². The zero-order chi connectivity index (χ0) is 13.1. The lowest BCUT2D eigenvalue weighted by Gasteiger charge is -2.18. The molecule has 0 saturated carbocycles. The molecule has 0 aliphatic carbocycles. The molecule has 1 atom stereocenters. The molecule has 1 aromatic carbocycles. The van der Waals surface area contributed by atoms with E-state index in [1.165, 1.54) is 15.3 Å². The Balaban J connectivity index is 2.05. The van der Waals surface area contributed by atoms with Gasteiger partial charge in [-0.3, -0.25) is 0 Å². The molecule has 0 radical (unpaired) electrons. The third kappa shape index (κ3) is 3.05. The van der Waals surface area contributed by atoms with Gasteiger partial charge in [-0.2, -0.15) is 0 Å². The van der Waals surface area contributed by atoms with Crippen molar-refractivity contribution in [3.63, 3.8) is 0 Å². The van der Waals surface area contributed by atoms with Crippen molar-refractivity contribution in [2.24, 2.45) is 0 Å². The summed E-state index contributed by atoms with van der Waals surface area (Å²) in [5.74, 6) is 0. The molecule has 0 aliphatic rings. The van der Waals surface area contributed by atoms with Crippen molar-refractivity contribution in [3.8, 4) is 0 Å². The Hall–Kier alpha value is -1.48. The van der Waals surface area contributed by atoms with Crippen LogP contribution in [0.2, 0.25) is 0 Å². The summed E-state index contributed by atoms with van der Waals surface area (Å²) in [7, 11) is 0. The van der Waals surface area contributed by atoms with Crippen LogP contribution in [0.15, 0.2) is 30.3 Å². The molecule has 1 unspecified atom stereocenters. The largest absolute Gasteiger partial charge is 0.397 e. The average molecular weight is 260 g/mol. The molecule has 96 valence electrons.